The highest BCUT2D eigenvalue weighted by Gasteiger charge is 2.38. The Kier molecular flexibility index (Phi) is 20.2. The molecule has 109 heavy (non-hydrogen) atoms. The Morgan fingerprint density at radius 3 is 0.624 bits per heavy atom. The molecule has 13 aromatic rings. The highest BCUT2D eigenvalue weighted by Crippen LogP contribution is 2.52. The van der Waals surface area contributed by atoms with Crippen molar-refractivity contribution in [2.24, 2.45) is 0 Å². The van der Waals surface area contributed by atoms with Crippen molar-refractivity contribution in [2.45, 2.75) is 12.5 Å². The van der Waals surface area contributed by atoms with Gasteiger partial charge >= 0.3 is 0 Å². The predicted octanol–water partition coefficient (Wildman–Crippen LogP) is 21.5. The lowest BCUT2D eigenvalue weighted by Gasteiger charge is -2.21. The van der Waals surface area contributed by atoms with Gasteiger partial charge in [-0.15, -0.1) is 0 Å². The second-order valence-electron chi connectivity index (χ2n) is 26.3. The van der Waals surface area contributed by atoms with E-state index in [2.05, 4.69) is 126 Å². The third kappa shape index (κ3) is 16.0. The summed E-state index contributed by atoms with van der Waals surface area (Å²) in [5.41, 5.74) is 22.5. The molecular formula is C106H64O3. The highest BCUT2D eigenvalue weighted by molar-refractivity contribution is 6.59. The number of rotatable bonds is 10. The van der Waals surface area contributed by atoms with Crippen LogP contribution in [-0.4, -0.2) is 17.7 Å². The summed E-state index contributed by atoms with van der Waals surface area (Å²) < 4.78 is 6.95. The standard InChI is InChI=1S/C106H64O3/c107-105-101(91-59-47-83(48-60-91)39-33-77-23-11-3-12-24-77)97(87-55-43-81(44-56-87)37-31-75-19-7-1-8-20-75)99(103(105)93-63-51-85(52-64-93)41-35-79-27-15-5-16-28-79)89-67-71-95(72-68-89)109-96-73-69-90(70-74-96)100-98(88-57-45-82(46-58-88)38-32-76-21-9-2-10-22-76)102(92-61-49-84(50-62-92)40-34-78-25-13-4-14-26-78)106(108)104(100)94-65-53-86(54-66-94)42-36-80-29-17-6-18-30-80/h1-30,43-73,96H,74H2. The quantitative estimate of drug-likeness (QED) is 0.128. The van der Waals surface area contributed by atoms with Gasteiger partial charge in [-0.3, -0.25) is 9.59 Å². The molecule has 13 aromatic carbocycles. The fraction of sp³-hybridized carbons (Fsp3) is 0.0189. The largest absolute Gasteiger partial charge is 0.486 e. The number of Topliss-reactive ketones (excluding diaryl/α,β-unsaturated/α-hetero) is 2. The minimum atomic E-state index is -0.380. The minimum absolute atomic E-state index is 0.0955. The maximum Gasteiger partial charge on any atom is 0.195 e. The molecule has 0 aromatic heterocycles. The third-order valence-electron chi connectivity index (χ3n) is 19.0. The lowest BCUT2D eigenvalue weighted by atomic mass is 9.86. The van der Waals surface area contributed by atoms with Crippen LogP contribution in [0.15, 0.2) is 381 Å². The van der Waals surface area contributed by atoms with Crippen LogP contribution in [0, 0.1) is 71.0 Å². The van der Waals surface area contributed by atoms with E-state index in [4.69, 9.17) is 4.74 Å². The normalized spacial score (nSPS) is 13.4. The summed E-state index contributed by atoms with van der Waals surface area (Å²) in [5, 5.41) is 0. The Morgan fingerprint density at radius 2 is 0.404 bits per heavy atom. The molecule has 0 heterocycles. The Hall–Kier alpha value is -15.2. The summed E-state index contributed by atoms with van der Waals surface area (Å²) >= 11 is 0. The number of hydrogen-bond donors (Lipinski definition) is 0. The summed E-state index contributed by atoms with van der Waals surface area (Å²) in [7, 11) is 0. The second-order valence-corrected chi connectivity index (χ2v) is 26.3. The summed E-state index contributed by atoms with van der Waals surface area (Å²) in [6.45, 7) is 0. The van der Waals surface area contributed by atoms with Gasteiger partial charge in [0.1, 0.15) is 11.9 Å². The monoisotopic (exact) mass is 1380 g/mol. The molecule has 506 valence electrons. The van der Waals surface area contributed by atoms with E-state index in [9.17, 15) is 0 Å². The molecule has 0 radical (unpaired) electrons. The Morgan fingerprint density at radius 1 is 0.211 bits per heavy atom. The van der Waals surface area contributed by atoms with Gasteiger partial charge < -0.3 is 4.74 Å². The molecular weight excluding hydrogens is 1320 g/mol. The van der Waals surface area contributed by atoms with Gasteiger partial charge in [-0.2, -0.15) is 0 Å². The van der Waals surface area contributed by atoms with Gasteiger partial charge in [0.05, 0.1) is 0 Å². The molecule has 0 fully saturated rings. The molecule has 1 unspecified atom stereocenters. The van der Waals surface area contributed by atoms with Crippen molar-refractivity contribution < 1.29 is 14.3 Å². The summed E-state index contributed by atoms with van der Waals surface area (Å²) in [6.07, 6.45) is 6.48. The van der Waals surface area contributed by atoms with Crippen LogP contribution in [-0.2, 0) is 9.59 Å². The first-order valence-electron chi connectivity index (χ1n) is 36.1. The fourth-order valence-electron chi connectivity index (χ4n) is 13.5. The van der Waals surface area contributed by atoms with Crippen LogP contribution >= 0.6 is 0 Å². The van der Waals surface area contributed by atoms with Crippen molar-refractivity contribution in [2.75, 3.05) is 0 Å². The molecule has 3 aliphatic rings. The number of ketones is 2. The lowest BCUT2D eigenvalue weighted by molar-refractivity contribution is -0.109. The van der Waals surface area contributed by atoms with E-state index in [1.54, 1.807) is 0 Å². The van der Waals surface area contributed by atoms with Gasteiger partial charge in [0.15, 0.2) is 11.6 Å². The molecule has 0 spiro atoms. The van der Waals surface area contributed by atoms with Crippen molar-refractivity contribution in [3.05, 3.63) is 487 Å². The zero-order valence-electron chi connectivity index (χ0n) is 59.2. The molecule has 3 aliphatic carbocycles. The Balaban J connectivity index is 0.765. The molecule has 0 amide bonds. The molecule has 0 saturated heterocycles. The van der Waals surface area contributed by atoms with Gasteiger partial charge in [0.25, 0.3) is 0 Å². The van der Waals surface area contributed by atoms with Gasteiger partial charge in [-0.1, -0.05) is 277 Å². The average Bonchev–Trinajstić information content (AvgIpc) is 1.59. The SMILES string of the molecule is O=C1C(c2ccc(C#Cc3ccccc3)cc2)=C(C2=CCC(Oc3ccc(C4=C(c5ccc(C#Cc6ccccc6)cc5)C(=O)C(c5ccc(C#Cc6ccccc6)cc5)=C4c4ccc(C#Cc5ccccc5)cc4)cc3)C=C2)C(c2ccc(C#Cc3ccccc3)cc2)=C1c1ccc(C#Cc2ccccc2)cc1. The number of hydrogen-bond acceptors (Lipinski definition) is 3. The van der Waals surface area contributed by atoms with Crippen LogP contribution in [0.2, 0.25) is 0 Å². The highest BCUT2D eigenvalue weighted by atomic mass is 16.5. The van der Waals surface area contributed by atoms with E-state index < -0.39 is 0 Å². The van der Waals surface area contributed by atoms with Gasteiger partial charge in [-0.05, 0) is 208 Å². The fourth-order valence-corrected chi connectivity index (χ4v) is 13.5. The van der Waals surface area contributed by atoms with Crippen LogP contribution in [0.4, 0.5) is 0 Å². The Bertz CT molecular complexity index is 6250. The minimum Gasteiger partial charge on any atom is -0.486 e. The molecule has 0 N–H and O–H groups in total. The van der Waals surface area contributed by atoms with Crippen LogP contribution in [0.3, 0.4) is 0 Å². The molecule has 0 aliphatic heterocycles. The van der Waals surface area contributed by atoms with Gasteiger partial charge in [0, 0.05) is 118 Å². The topological polar surface area (TPSA) is 43.4 Å². The van der Waals surface area contributed by atoms with E-state index in [-0.39, 0.29) is 17.7 Å². The molecule has 1 atom stereocenters. The second kappa shape index (κ2) is 32.2. The number of carbonyl (C=O) groups excluding carboxylic acids is 2. The molecule has 0 bridgehead atoms. The van der Waals surface area contributed by atoms with Crippen LogP contribution < -0.4 is 4.74 Å². The van der Waals surface area contributed by atoms with E-state index >= 15 is 9.59 Å². The zero-order valence-corrected chi connectivity index (χ0v) is 59.2. The number of ether oxygens (including phenoxy) is 1. The summed E-state index contributed by atoms with van der Waals surface area (Å²) in [5.74, 6) is 40.3. The number of allylic oxidation sites excluding steroid dienone is 10. The predicted molar refractivity (Wildman–Crippen MR) is 443 cm³/mol. The van der Waals surface area contributed by atoms with Crippen LogP contribution in [0.5, 0.6) is 5.75 Å². The van der Waals surface area contributed by atoms with E-state index in [0.29, 0.717) is 34.5 Å². The first-order chi connectivity index (χ1) is 53.8. The van der Waals surface area contributed by atoms with Gasteiger partial charge in [0.2, 0.25) is 0 Å². The maximum atomic E-state index is 15.9. The zero-order chi connectivity index (χ0) is 73.5. The van der Waals surface area contributed by atoms with Crippen molar-refractivity contribution in [3.63, 3.8) is 0 Å². The third-order valence-corrected chi connectivity index (χ3v) is 19.0. The molecule has 16 rings (SSSR count). The van der Waals surface area contributed by atoms with Crippen LogP contribution in [0.1, 0.15) is 112 Å². The first kappa shape index (κ1) is 68.2. The molecule has 3 heteroatoms. The van der Waals surface area contributed by atoms with Crippen LogP contribution in [0.25, 0.3) is 39.0 Å². The number of benzene rings is 13. The smallest absolute Gasteiger partial charge is 0.195 e. The summed E-state index contributed by atoms with van der Waals surface area (Å²) in [6, 6.07) is 116. The maximum absolute atomic E-state index is 15.9. The van der Waals surface area contributed by atoms with Gasteiger partial charge in [-0.25, -0.2) is 0 Å². The molecule has 3 nitrogen and oxygen atoms in total. The van der Waals surface area contributed by atoms with Crippen molar-refractivity contribution >= 4 is 50.6 Å². The number of carbonyl (C=O) groups is 2. The van der Waals surface area contributed by atoms with Crippen molar-refractivity contribution in [1.29, 1.82) is 0 Å². The average molecular weight is 1390 g/mol. The van der Waals surface area contributed by atoms with E-state index in [1.807, 2.05) is 315 Å². The van der Waals surface area contributed by atoms with E-state index in [0.717, 1.165) is 134 Å². The van der Waals surface area contributed by atoms with Crippen molar-refractivity contribution in [1.82, 2.24) is 0 Å². The Labute approximate surface area is 637 Å². The molecule has 0 saturated carbocycles. The summed E-state index contributed by atoms with van der Waals surface area (Å²) in [4.78, 5) is 31.9. The van der Waals surface area contributed by atoms with E-state index in [1.165, 1.54) is 0 Å². The first-order valence-corrected chi connectivity index (χ1v) is 36.1. The van der Waals surface area contributed by atoms with Crippen molar-refractivity contribution in [3.8, 4) is 76.8 Å². The lowest BCUT2D eigenvalue weighted by Crippen LogP contribution is -2.15.